The zero-order valence-electron chi connectivity index (χ0n) is 11.6. The van der Waals surface area contributed by atoms with Gasteiger partial charge in [-0.05, 0) is 37.9 Å². The van der Waals surface area contributed by atoms with Gasteiger partial charge in [-0.25, -0.2) is 4.79 Å². The molecule has 5 heteroatoms. The van der Waals surface area contributed by atoms with Gasteiger partial charge in [-0.2, -0.15) is 0 Å². The van der Waals surface area contributed by atoms with Crippen LogP contribution in [0.5, 0.6) is 5.75 Å². The van der Waals surface area contributed by atoms with E-state index in [-0.39, 0.29) is 6.03 Å². The van der Waals surface area contributed by atoms with Gasteiger partial charge in [-0.1, -0.05) is 12.1 Å². The summed E-state index contributed by atoms with van der Waals surface area (Å²) >= 11 is 0. The molecule has 0 aliphatic rings. The second-order valence-electron chi connectivity index (χ2n) is 4.31. The van der Waals surface area contributed by atoms with Crippen molar-refractivity contribution in [1.29, 1.82) is 0 Å². The van der Waals surface area contributed by atoms with E-state index in [9.17, 15) is 4.79 Å². The number of methoxy groups -OCH3 is 1. The van der Waals surface area contributed by atoms with Gasteiger partial charge in [0.15, 0.2) is 0 Å². The fourth-order valence-electron chi connectivity index (χ4n) is 1.37. The van der Waals surface area contributed by atoms with Crippen molar-refractivity contribution in [3.8, 4) is 5.75 Å². The molecule has 0 unspecified atom stereocenters. The van der Waals surface area contributed by atoms with Gasteiger partial charge in [0, 0.05) is 19.3 Å². The molecule has 1 aromatic carbocycles. The van der Waals surface area contributed by atoms with Crippen LogP contribution in [0.3, 0.4) is 0 Å². The van der Waals surface area contributed by atoms with Gasteiger partial charge in [-0.3, -0.25) is 0 Å². The Hall–Kier alpha value is -2.01. The minimum absolute atomic E-state index is 0.202. The number of hydrogen-bond donors (Lipinski definition) is 2. The standard InChI is InChI=1S/C14H21N3O2/c1-17(2)11-10-16-14(18)15-9-8-12-4-6-13(19-3)7-5-12/h4-9H,10-11H2,1-3H3,(H2,15,16,18)/b9-8+. The predicted octanol–water partition coefficient (Wildman–Crippen LogP) is 1.53. The van der Waals surface area contributed by atoms with Crippen LogP contribution in [0.4, 0.5) is 4.79 Å². The van der Waals surface area contributed by atoms with Crippen LogP contribution in [0.1, 0.15) is 5.56 Å². The normalized spacial score (nSPS) is 10.7. The third-order valence-corrected chi connectivity index (χ3v) is 2.45. The number of likely N-dealkylation sites (N-methyl/N-ethyl adjacent to an activating group) is 1. The number of amides is 2. The smallest absolute Gasteiger partial charge is 0.318 e. The number of hydrogen-bond acceptors (Lipinski definition) is 3. The van der Waals surface area contributed by atoms with E-state index in [1.165, 1.54) is 0 Å². The maximum absolute atomic E-state index is 11.4. The molecule has 0 fully saturated rings. The first kappa shape index (κ1) is 15.0. The number of rotatable bonds is 6. The Labute approximate surface area is 114 Å². The highest BCUT2D eigenvalue weighted by atomic mass is 16.5. The molecule has 0 bridgehead atoms. The SMILES string of the molecule is COc1ccc(/C=C/NC(=O)NCCN(C)C)cc1. The second kappa shape index (κ2) is 8.16. The lowest BCUT2D eigenvalue weighted by molar-refractivity contribution is 0.243. The van der Waals surface area contributed by atoms with Crippen molar-refractivity contribution >= 4 is 12.1 Å². The van der Waals surface area contributed by atoms with E-state index < -0.39 is 0 Å². The Morgan fingerprint density at radius 3 is 2.58 bits per heavy atom. The van der Waals surface area contributed by atoms with Crippen LogP contribution in [-0.4, -0.2) is 45.2 Å². The van der Waals surface area contributed by atoms with Gasteiger partial charge in [0.05, 0.1) is 7.11 Å². The fraction of sp³-hybridized carbons (Fsp3) is 0.357. The summed E-state index contributed by atoms with van der Waals surface area (Å²) in [6.45, 7) is 1.44. The van der Waals surface area contributed by atoms with E-state index in [2.05, 4.69) is 10.6 Å². The summed E-state index contributed by atoms with van der Waals surface area (Å²) in [4.78, 5) is 13.4. The Morgan fingerprint density at radius 1 is 1.32 bits per heavy atom. The molecule has 19 heavy (non-hydrogen) atoms. The molecule has 0 radical (unpaired) electrons. The first-order chi connectivity index (χ1) is 9.11. The average molecular weight is 263 g/mol. The molecule has 0 saturated heterocycles. The van der Waals surface area contributed by atoms with Gasteiger partial charge in [0.2, 0.25) is 0 Å². The quantitative estimate of drug-likeness (QED) is 0.818. The lowest BCUT2D eigenvalue weighted by atomic mass is 10.2. The Bertz CT molecular complexity index is 413. The van der Waals surface area contributed by atoms with Crippen LogP contribution in [0, 0.1) is 0 Å². The van der Waals surface area contributed by atoms with Gasteiger partial charge in [-0.15, -0.1) is 0 Å². The summed E-state index contributed by atoms with van der Waals surface area (Å²) in [5, 5.41) is 5.41. The van der Waals surface area contributed by atoms with E-state index in [0.29, 0.717) is 6.54 Å². The number of nitrogens with zero attached hydrogens (tertiary/aromatic N) is 1. The topological polar surface area (TPSA) is 53.6 Å². The van der Waals surface area contributed by atoms with Crippen molar-refractivity contribution in [3.63, 3.8) is 0 Å². The molecule has 0 aliphatic heterocycles. The molecule has 2 amide bonds. The van der Waals surface area contributed by atoms with E-state index >= 15 is 0 Å². The van der Waals surface area contributed by atoms with Crippen molar-refractivity contribution in [2.24, 2.45) is 0 Å². The lowest BCUT2D eigenvalue weighted by Crippen LogP contribution is -2.36. The van der Waals surface area contributed by atoms with E-state index in [4.69, 9.17) is 4.74 Å². The molecule has 1 aromatic rings. The van der Waals surface area contributed by atoms with Crippen LogP contribution < -0.4 is 15.4 Å². The van der Waals surface area contributed by atoms with Crippen LogP contribution in [0.25, 0.3) is 6.08 Å². The largest absolute Gasteiger partial charge is 0.497 e. The molecule has 1 rings (SSSR count). The second-order valence-corrected chi connectivity index (χ2v) is 4.31. The molecule has 0 heterocycles. The maximum atomic E-state index is 11.4. The molecule has 0 saturated carbocycles. The predicted molar refractivity (Wildman–Crippen MR) is 77.1 cm³/mol. The van der Waals surface area contributed by atoms with Gasteiger partial charge in [0.1, 0.15) is 5.75 Å². The molecule has 0 atom stereocenters. The Kier molecular flexibility index (Phi) is 6.46. The number of benzene rings is 1. The Morgan fingerprint density at radius 2 is 2.00 bits per heavy atom. The van der Waals surface area contributed by atoms with E-state index in [0.717, 1.165) is 17.9 Å². The molecule has 0 spiro atoms. The van der Waals surface area contributed by atoms with Crippen molar-refractivity contribution in [3.05, 3.63) is 36.0 Å². The average Bonchev–Trinajstić information content (AvgIpc) is 2.39. The lowest BCUT2D eigenvalue weighted by Gasteiger charge is -2.09. The summed E-state index contributed by atoms with van der Waals surface area (Å²) in [6.07, 6.45) is 3.44. The number of nitrogens with one attached hydrogen (secondary N) is 2. The number of carbonyl (C=O) groups excluding carboxylic acids is 1. The minimum atomic E-state index is -0.202. The highest BCUT2D eigenvalue weighted by Crippen LogP contribution is 2.11. The summed E-state index contributed by atoms with van der Waals surface area (Å²) < 4.78 is 5.07. The van der Waals surface area contributed by atoms with Gasteiger partial charge < -0.3 is 20.3 Å². The minimum Gasteiger partial charge on any atom is -0.497 e. The molecule has 5 nitrogen and oxygen atoms in total. The first-order valence-electron chi connectivity index (χ1n) is 6.11. The summed E-state index contributed by atoms with van der Waals surface area (Å²) in [6, 6.07) is 7.38. The van der Waals surface area contributed by atoms with Gasteiger partial charge >= 0.3 is 6.03 Å². The molecule has 0 aliphatic carbocycles. The van der Waals surface area contributed by atoms with Crippen molar-refractivity contribution in [1.82, 2.24) is 15.5 Å². The molecular weight excluding hydrogens is 242 g/mol. The Balaban J connectivity index is 2.30. The van der Waals surface area contributed by atoms with Gasteiger partial charge in [0.25, 0.3) is 0 Å². The summed E-state index contributed by atoms with van der Waals surface area (Å²) in [5.41, 5.74) is 0.995. The zero-order chi connectivity index (χ0) is 14.1. The third-order valence-electron chi connectivity index (χ3n) is 2.45. The fourth-order valence-corrected chi connectivity index (χ4v) is 1.37. The highest BCUT2D eigenvalue weighted by molar-refractivity contribution is 5.75. The highest BCUT2D eigenvalue weighted by Gasteiger charge is 1.96. The number of ether oxygens (including phenoxy) is 1. The first-order valence-corrected chi connectivity index (χ1v) is 6.11. The monoisotopic (exact) mass is 263 g/mol. The van der Waals surface area contributed by atoms with Crippen LogP contribution >= 0.6 is 0 Å². The van der Waals surface area contributed by atoms with E-state index in [1.54, 1.807) is 13.3 Å². The van der Waals surface area contributed by atoms with Crippen molar-refractivity contribution in [2.75, 3.05) is 34.3 Å². The zero-order valence-corrected chi connectivity index (χ0v) is 11.6. The van der Waals surface area contributed by atoms with Crippen molar-refractivity contribution in [2.45, 2.75) is 0 Å². The van der Waals surface area contributed by atoms with Crippen molar-refractivity contribution < 1.29 is 9.53 Å². The molecule has 0 aromatic heterocycles. The third kappa shape index (κ3) is 6.47. The number of carbonyl (C=O) groups is 1. The van der Waals surface area contributed by atoms with Crippen LogP contribution in [-0.2, 0) is 0 Å². The van der Waals surface area contributed by atoms with Crippen LogP contribution in [0.15, 0.2) is 30.5 Å². The molecule has 2 N–H and O–H groups in total. The molecule has 104 valence electrons. The molecular formula is C14H21N3O2. The van der Waals surface area contributed by atoms with Crippen LogP contribution in [0.2, 0.25) is 0 Å². The maximum Gasteiger partial charge on any atom is 0.318 e. The van der Waals surface area contributed by atoms with E-state index in [1.807, 2.05) is 49.3 Å². The summed E-state index contributed by atoms with van der Waals surface area (Å²) in [5.74, 6) is 0.812. The number of urea groups is 1. The summed E-state index contributed by atoms with van der Waals surface area (Å²) in [7, 11) is 5.55.